The van der Waals surface area contributed by atoms with Crippen LogP contribution in [-0.2, 0) is 4.79 Å². The van der Waals surface area contributed by atoms with E-state index in [9.17, 15) is 15.0 Å². The van der Waals surface area contributed by atoms with Crippen LogP contribution in [0.3, 0.4) is 0 Å². The van der Waals surface area contributed by atoms with E-state index < -0.39 is 25.7 Å². The molecular formula is C29H44O6Si. The topological polar surface area (TPSA) is 96.2 Å². The number of aliphatic hydroxyl groups excluding tert-OH is 1. The summed E-state index contributed by atoms with van der Waals surface area (Å²) in [6.45, 7) is 17.1. The highest BCUT2D eigenvalue weighted by molar-refractivity contribution is 7.00. The summed E-state index contributed by atoms with van der Waals surface area (Å²) in [6.07, 6.45) is 0.573. The Kier molecular flexibility index (Phi) is 10.2. The van der Waals surface area contributed by atoms with E-state index in [-0.39, 0.29) is 26.1 Å². The van der Waals surface area contributed by atoms with Crippen molar-refractivity contribution in [3.63, 3.8) is 0 Å². The SMILES string of the molecule is CCC(O)(CC)COc1c(C)cc([Si](C)(C)c2cc(C)c(OC[C@@H](O)CCC(=O)O)c(C)c2)cc1C. The van der Waals surface area contributed by atoms with Crippen molar-refractivity contribution in [2.24, 2.45) is 0 Å². The second kappa shape index (κ2) is 12.3. The van der Waals surface area contributed by atoms with Gasteiger partial charge in [-0.3, -0.25) is 4.79 Å². The molecule has 0 aliphatic rings. The Hall–Kier alpha value is -2.35. The zero-order valence-electron chi connectivity index (χ0n) is 23.2. The van der Waals surface area contributed by atoms with Gasteiger partial charge in [-0.2, -0.15) is 0 Å². The van der Waals surface area contributed by atoms with Crippen LogP contribution in [0.15, 0.2) is 24.3 Å². The highest BCUT2D eigenvalue weighted by Gasteiger charge is 2.29. The second-order valence-electron chi connectivity index (χ2n) is 10.6. The third kappa shape index (κ3) is 7.34. The molecule has 0 saturated heterocycles. The van der Waals surface area contributed by atoms with E-state index in [4.69, 9.17) is 14.6 Å². The maximum Gasteiger partial charge on any atom is 0.303 e. The average molecular weight is 517 g/mol. The lowest BCUT2D eigenvalue weighted by Gasteiger charge is -2.29. The zero-order valence-corrected chi connectivity index (χ0v) is 24.2. The highest BCUT2D eigenvalue weighted by Crippen LogP contribution is 2.27. The minimum atomic E-state index is -2.05. The van der Waals surface area contributed by atoms with E-state index in [1.165, 1.54) is 10.4 Å². The van der Waals surface area contributed by atoms with Crippen molar-refractivity contribution in [2.45, 2.75) is 92.0 Å². The Labute approximate surface area is 217 Å². The zero-order chi connectivity index (χ0) is 27.3. The molecule has 0 fully saturated rings. The number of carbonyl (C=O) groups is 1. The minimum Gasteiger partial charge on any atom is -0.490 e. The van der Waals surface area contributed by atoms with Gasteiger partial charge in [0.15, 0.2) is 0 Å². The summed E-state index contributed by atoms with van der Waals surface area (Å²) in [5, 5.41) is 32.1. The van der Waals surface area contributed by atoms with Crippen LogP contribution in [0, 0.1) is 27.7 Å². The monoisotopic (exact) mass is 516 g/mol. The molecule has 36 heavy (non-hydrogen) atoms. The summed E-state index contributed by atoms with van der Waals surface area (Å²) < 4.78 is 12.0. The van der Waals surface area contributed by atoms with E-state index in [0.717, 1.165) is 33.8 Å². The maximum absolute atomic E-state index is 10.7. The lowest BCUT2D eigenvalue weighted by molar-refractivity contribution is -0.137. The van der Waals surface area contributed by atoms with Gasteiger partial charge in [0, 0.05) is 6.42 Å². The lowest BCUT2D eigenvalue weighted by Crippen LogP contribution is -2.53. The Balaban J connectivity index is 2.26. The van der Waals surface area contributed by atoms with Gasteiger partial charge in [-0.1, -0.05) is 61.6 Å². The standard InChI is InChI=1S/C29H44O6Si/c1-9-29(33,10-2)18-35-28-21(5)15-25(16-22(28)6)36(7,8)24-13-19(3)27(20(4)14-24)34-17-23(30)11-12-26(31)32/h13-16,23,30,33H,9-12,17-18H2,1-8H3,(H,31,32)/t23-/m0/s1. The molecular weight excluding hydrogens is 472 g/mol. The first kappa shape index (κ1) is 29.9. The molecule has 0 aliphatic carbocycles. The van der Waals surface area contributed by atoms with Crippen LogP contribution < -0.4 is 19.8 Å². The Morgan fingerprint density at radius 1 is 0.889 bits per heavy atom. The van der Waals surface area contributed by atoms with Gasteiger partial charge < -0.3 is 24.8 Å². The largest absolute Gasteiger partial charge is 0.490 e. The number of benzene rings is 2. The van der Waals surface area contributed by atoms with Crippen molar-refractivity contribution < 1.29 is 29.6 Å². The molecule has 200 valence electrons. The molecule has 2 rings (SSSR count). The van der Waals surface area contributed by atoms with Gasteiger partial charge in [0.1, 0.15) is 32.8 Å². The number of aryl methyl sites for hydroxylation is 4. The van der Waals surface area contributed by atoms with Crippen molar-refractivity contribution in [2.75, 3.05) is 13.2 Å². The van der Waals surface area contributed by atoms with Gasteiger partial charge in [-0.05, 0) is 69.2 Å². The summed E-state index contributed by atoms with van der Waals surface area (Å²) >= 11 is 0. The molecule has 0 heterocycles. The van der Waals surface area contributed by atoms with Gasteiger partial charge in [0.25, 0.3) is 0 Å². The van der Waals surface area contributed by atoms with Gasteiger partial charge in [-0.15, -0.1) is 0 Å². The molecule has 0 unspecified atom stereocenters. The van der Waals surface area contributed by atoms with Gasteiger partial charge in [-0.25, -0.2) is 0 Å². The van der Waals surface area contributed by atoms with Crippen LogP contribution in [0.25, 0.3) is 0 Å². The fourth-order valence-corrected chi connectivity index (χ4v) is 7.10. The molecule has 2 aromatic carbocycles. The smallest absolute Gasteiger partial charge is 0.303 e. The van der Waals surface area contributed by atoms with E-state index in [1.807, 2.05) is 27.7 Å². The van der Waals surface area contributed by atoms with E-state index in [1.54, 1.807) is 0 Å². The van der Waals surface area contributed by atoms with Gasteiger partial charge in [0.2, 0.25) is 0 Å². The van der Waals surface area contributed by atoms with Crippen LogP contribution >= 0.6 is 0 Å². The van der Waals surface area contributed by atoms with Crippen molar-refractivity contribution in [3.8, 4) is 11.5 Å². The number of carboxylic acid groups (broad SMARTS) is 1. The Morgan fingerprint density at radius 3 is 1.69 bits per heavy atom. The molecule has 0 saturated carbocycles. The maximum atomic E-state index is 10.7. The van der Waals surface area contributed by atoms with Crippen LogP contribution in [0.5, 0.6) is 11.5 Å². The van der Waals surface area contributed by atoms with E-state index in [2.05, 4.69) is 51.2 Å². The minimum absolute atomic E-state index is 0.0696. The number of hydrogen-bond donors (Lipinski definition) is 3. The summed E-state index contributed by atoms with van der Waals surface area (Å²) in [7, 11) is -2.05. The number of rotatable bonds is 13. The summed E-state index contributed by atoms with van der Waals surface area (Å²) in [6, 6.07) is 8.80. The first-order valence-corrected chi connectivity index (χ1v) is 15.8. The fourth-order valence-electron chi connectivity index (χ4n) is 4.46. The Bertz CT molecular complexity index is 1010. The molecule has 0 radical (unpaired) electrons. The van der Waals surface area contributed by atoms with Crippen LogP contribution in [0.4, 0.5) is 0 Å². The number of ether oxygens (including phenoxy) is 2. The molecule has 6 nitrogen and oxygen atoms in total. The van der Waals surface area contributed by atoms with E-state index in [0.29, 0.717) is 12.8 Å². The third-order valence-corrected chi connectivity index (χ3v) is 10.7. The third-order valence-electron chi connectivity index (χ3n) is 7.28. The summed E-state index contributed by atoms with van der Waals surface area (Å²) in [5.74, 6) is 0.668. The molecule has 7 heteroatoms. The van der Waals surface area contributed by atoms with Crippen LogP contribution in [0.1, 0.15) is 61.8 Å². The van der Waals surface area contributed by atoms with Crippen LogP contribution in [-0.4, -0.2) is 54.3 Å². The average Bonchev–Trinajstić information content (AvgIpc) is 2.81. The number of carboxylic acids is 1. The van der Waals surface area contributed by atoms with Crippen molar-refractivity contribution >= 4 is 24.4 Å². The molecule has 1 atom stereocenters. The number of aliphatic carboxylic acids is 1. The number of hydrogen-bond acceptors (Lipinski definition) is 5. The normalized spacial score (nSPS) is 12.9. The molecule has 0 aromatic heterocycles. The first-order valence-electron chi connectivity index (χ1n) is 12.8. The second-order valence-corrected chi connectivity index (χ2v) is 15.0. The molecule has 0 bridgehead atoms. The van der Waals surface area contributed by atoms with Crippen molar-refractivity contribution in [3.05, 3.63) is 46.5 Å². The van der Waals surface area contributed by atoms with Crippen LogP contribution in [0.2, 0.25) is 13.1 Å². The fraction of sp³-hybridized carbons (Fsp3) is 0.552. The summed E-state index contributed by atoms with van der Waals surface area (Å²) in [4.78, 5) is 10.7. The quantitative estimate of drug-likeness (QED) is 0.344. The van der Waals surface area contributed by atoms with Gasteiger partial charge >= 0.3 is 5.97 Å². The van der Waals surface area contributed by atoms with Gasteiger partial charge in [0.05, 0.1) is 11.7 Å². The summed E-state index contributed by atoms with van der Waals surface area (Å²) in [5.41, 5.74) is 3.34. The van der Waals surface area contributed by atoms with Crippen molar-refractivity contribution in [1.82, 2.24) is 0 Å². The molecule has 0 amide bonds. The molecule has 3 N–H and O–H groups in total. The van der Waals surface area contributed by atoms with Crippen molar-refractivity contribution in [1.29, 1.82) is 0 Å². The molecule has 0 spiro atoms. The predicted octanol–water partition coefficient (Wildman–Crippen LogP) is 4.28. The highest BCUT2D eigenvalue weighted by atomic mass is 28.3. The van der Waals surface area contributed by atoms with E-state index >= 15 is 0 Å². The predicted molar refractivity (Wildman–Crippen MR) is 148 cm³/mol. The number of aliphatic hydroxyl groups is 2. The molecule has 0 aliphatic heterocycles. The molecule has 2 aromatic rings. The lowest BCUT2D eigenvalue weighted by atomic mass is 9.99. The Morgan fingerprint density at radius 2 is 1.31 bits per heavy atom. The first-order chi connectivity index (χ1) is 16.7.